The molecule has 1 unspecified atom stereocenters. The molecule has 0 bridgehead atoms. The van der Waals surface area contributed by atoms with Crippen LogP contribution in [0.1, 0.15) is 17.5 Å². The number of rotatable bonds is 2. The quantitative estimate of drug-likeness (QED) is 0.505. The van der Waals surface area contributed by atoms with Gasteiger partial charge in [0.05, 0.1) is 17.9 Å². The lowest BCUT2D eigenvalue weighted by Crippen LogP contribution is -2.17. The summed E-state index contributed by atoms with van der Waals surface area (Å²) in [6, 6.07) is 5.59. The Morgan fingerprint density at radius 2 is 2.15 bits per heavy atom. The summed E-state index contributed by atoms with van der Waals surface area (Å²) in [6.07, 6.45) is 4.77. The number of aromatic nitrogens is 5. The Kier molecular flexibility index (Phi) is 4.28. The van der Waals surface area contributed by atoms with E-state index in [1.54, 1.807) is 29.4 Å². The Morgan fingerprint density at radius 1 is 1.30 bits per heavy atom. The van der Waals surface area contributed by atoms with E-state index in [-0.39, 0.29) is 5.95 Å². The van der Waals surface area contributed by atoms with Gasteiger partial charge in [-0.05, 0) is 25.1 Å². The summed E-state index contributed by atoms with van der Waals surface area (Å²) in [5.74, 6) is 6.35. The fraction of sp³-hybridized carbons (Fsp3) is 0.111. The number of nitrogens with two attached hydrogens (primary N) is 1. The molecule has 0 fully saturated rings. The van der Waals surface area contributed by atoms with Gasteiger partial charge >= 0.3 is 0 Å². The smallest absolute Gasteiger partial charge is 0.222 e. The Bertz CT molecular complexity index is 1190. The van der Waals surface area contributed by atoms with E-state index in [1.165, 1.54) is 17.5 Å². The van der Waals surface area contributed by atoms with E-state index in [4.69, 9.17) is 17.3 Å². The van der Waals surface area contributed by atoms with Gasteiger partial charge < -0.3 is 10.8 Å². The molecular formula is C18H13ClN6OS. The number of thiazole rings is 1. The van der Waals surface area contributed by atoms with Crippen LogP contribution in [0.25, 0.3) is 16.7 Å². The molecule has 0 aliphatic rings. The predicted octanol–water partition coefficient (Wildman–Crippen LogP) is 2.77. The van der Waals surface area contributed by atoms with Crippen molar-refractivity contribution in [2.75, 3.05) is 5.73 Å². The Morgan fingerprint density at radius 3 is 2.93 bits per heavy atom. The molecule has 0 amide bonds. The molecule has 9 heteroatoms. The first-order chi connectivity index (χ1) is 12.9. The number of nitrogen functional groups attached to an aromatic ring is 1. The number of nitrogens with zero attached hydrogens (tertiary/aromatic N) is 5. The van der Waals surface area contributed by atoms with Crippen molar-refractivity contribution in [3.63, 3.8) is 0 Å². The molecule has 134 valence electrons. The molecule has 0 saturated carbocycles. The summed E-state index contributed by atoms with van der Waals surface area (Å²) in [4.78, 5) is 12.2. The number of benzene rings is 1. The summed E-state index contributed by atoms with van der Waals surface area (Å²) in [6.45, 7) is 1.62. The molecule has 0 aliphatic carbocycles. The second-order valence-electron chi connectivity index (χ2n) is 5.89. The van der Waals surface area contributed by atoms with Crippen LogP contribution in [-0.2, 0) is 5.60 Å². The monoisotopic (exact) mass is 396 g/mol. The highest BCUT2D eigenvalue weighted by Gasteiger charge is 2.22. The van der Waals surface area contributed by atoms with Crippen molar-refractivity contribution < 1.29 is 5.11 Å². The number of hydrogen-bond donors (Lipinski definition) is 2. The van der Waals surface area contributed by atoms with E-state index in [1.807, 2.05) is 18.2 Å². The van der Waals surface area contributed by atoms with Crippen molar-refractivity contribution >= 4 is 39.8 Å². The summed E-state index contributed by atoms with van der Waals surface area (Å²) in [5, 5.41) is 18.4. The van der Waals surface area contributed by atoms with Gasteiger partial charge in [0.1, 0.15) is 10.0 Å². The minimum absolute atomic E-state index is 0.105. The van der Waals surface area contributed by atoms with E-state index in [0.29, 0.717) is 21.4 Å². The SMILES string of the molecule is CC(O)(C#Cc1ccc2cnn(-c3nc(N)ncc3Cl)c2c1)c1nccs1. The normalized spacial score (nSPS) is 13.1. The molecule has 3 N–H and O–H groups in total. The third-order valence-corrected chi connectivity index (χ3v) is 5.07. The summed E-state index contributed by atoms with van der Waals surface area (Å²) in [7, 11) is 0. The minimum Gasteiger partial charge on any atom is -0.371 e. The first kappa shape index (κ1) is 17.4. The van der Waals surface area contributed by atoms with Crippen molar-refractivity contribution in [2.45, 2.75) is 12.5 Å². The van der Waals surface area contributed by atoms with Gasteiger partial charge in [-0.3, -0.25) is 0 Å². The maximum atomic E-state index is 10.5. The predicted molar refractivity (Wildman–Crippen MR) is 105 cm³/mol. The van der Waals surface area contributed by atoms with Crippen molar-refractivity contribution in [1.29, 1.82) is 0 Å². The third-order valence-electron chi connectivity index (χ3n) is 3.81. The van der Waals surface area contributed by atoms with Crippen LogP contribution < -0.4 is 5.73 Å². The summed E-state index contributed by atoms with van der Waals surface area (Å²) in [5.41, 5.74) is 5.81. The molecule has 1 atom stereocenters. The van der Waals surface area contributed by atoms with E-state index in [0.717, 1.165) is 10.9 Å². The average Bonchev–Trinajstić information content (AvgIpc) is 3.32. The lowest BCUT2D eigenvalue weighted by molar-refractivity contribution is 0.122. The molecule has 0 saturated heterocycles. The molecule has 3 heterocycles. The van der Waals surface area contributed by atoms with Crippen LogP contribution in [0, 0.1) is 11.8 Å². The molecule has 0 aliphatic heterocycles. The molecule has 0 spiro atoms. The third kappa shape index (κ3) is 3.36. The van der Waals surface area contributed by atoms with Crippen LogP contribution in [0.3, 0.4) is 0 Å². The zero-order chi connectivity index (χ0) is 19.0. The van der Waals surface area contributed by atoms with Crippen molar-refractivity contribution in [3.05, 3.63) is 57.8 Å². The highest BCUT2D eigenvalue weighted by Crippen LogP contribution is 2.24. The van der Waals surface area contributed by atoms with Gasteiger partial charge in [-0.25, -0.2) is 14.6 Å². The molecule has 1 aromatic carbocycles. The van der Waals surface area contributed by atoms with Crippen molar-refractivity contribution in [1.82, 2.24) is 24.7 Å². The number of hydrogen-bond acceptors (Lipinski definition) is 7. The lowest BCUT2D eigenvalue weighted by Gasteiger charge is -2.11. The Hall–Kier alpha value is -2.99. The molecular weight excluding hydrogens is 384 g/mol. The molecule has 0 radical (unpaired) electrons. The second kappa shape index (κ2) is 6.63. The van der Waals surface area contributed by atoms with Crippen LogP contribution in [-0.4, -0.2) is 29.8 Å². The number of halogens is 1. The minimum atomic E-state index is -1.33. The van der Waals surface area contributed by atoms with Gasteiger partial charge in [0.25, 0.3) is 0 Å². The maximum Gasteiger partial charge on any atom is 0.222 e. The van der Waals surface area contributed by atoms with E-state index in [9.17, 15) is 5.11 Å². The van der Waals surface area contributed by atoms with Gasteiger partial charge in [0.15, 0.2) is 11.4 Å². The highest BCUT2D eigenvalue weighted by atomic mass is 35.5. The molecule has 27 heavy (non-hydrogen) atoms. The van der Waals surface area contributed by atoms with Crippen LogP contribution in [0.2, 0.25) is 5.02 Å². The maximum absolute atomic E-state index is 10.5. The van der Waals surface area contributed by atoms with Gasteiger partial charge in [0.2, 0.25) is 5.95 Å². The summed E-state index contributed by atoms with van der Waals surface area (Å²) < 4.78 is 1.58. The first-order valence-electron chi connectivity index (χ1n) is 7.86. The molecule has 4 aromatic rings. The second-order valence-corrected chi connectivity index (χ2v) is 7.19. The molecule has 7 nitrogen and oxygen atoms in total. The fourth-order valence-electron chi connectivity index (χ4n) is 2.50. The number of aliphatic hydroxyl groups is 1. The Labute approximate surface area is 163 Å². The Balaban J connectivity index is 1.78. The summed E-state index contributed by atoms with van der Waals surface area (Å²) >= 11 is 7.55. The topological polar surface area (TPSA) is 103 Å². The van der Waals surface area contributed by atoms with Crippen LogP contribution in [0.5, 0.6) is 0 Å². The van der Waals surface area contributed by atoms with E-state index < -0.39 is 5.60 Å². The lowest BCUT2D eigenvalue weighted by atomic mass is 10.1. The van der Waals surface area contributed by atoms with E-state index in [2.05, 4.69) is 31.9 Å². The zero-order valence-corrected chi connectivity index (χ0v) is 15.7. The average molecular weight is 397 g/mol. The zero-order valence-electron chi connectivity index (χ0n) is 14.1. The molecule has 4 rings (SSSR count). The van der Waals surface area contributed by atoms with Gasteiger partial charge in [-0.2, -0.15) is 10.1 Å². The largest absolute Gasteiger partial charge is 0.371 e. The van der Waals surface area contributed by atoms with Crippen molar-refractivity contribution in [3.8, 4) is 17.7 Å². The standard InChI is InChI=1S/C18H13ClN6OS/c1-18(26,16-21-6-7-27-16)5-4-11-2-3-12-9-23-25(14(12)8-11)15-13(19)10-22-17(20)24-15/h2-3,6-10,26H,1H3,(H2,20,22,24). The van der Waals surface area contributed by atoms with Crippen LogP contribution in [0.15, 0.2) is 42.2 Å². The van der Waals surface area contributed by atoms with Gasteiger partial charge in [-0.1, -0.05) is 23.4 Å². The number of fused-ring (bicyclic) bond motifs is 1. The molecule has 3 aromatic heterocycles. The van der Waals surface area contributed by atoms with E-state index >= 15 is 0 Å². The van der Waals surface area contributed by atoms with Gasteiger partial charge in [-0.15, -0.1) is 11.3 Å². The van der Waals surface area contributed by atoms with Crippen LogP contribution >= 0.6 is 22.9 Å². The fourth-order valence-corrected chi connectivity index (χ4v) is 3.32. The highest BCUT2D eigenvalue weighted by molar-refractivity contribution is 7.09. The van der Waals surface area contributed by atoms with Gasteiger partial charge in [0, 0.05) is 22.5 Å². The number of anilines is 1. The van der Waals surface area contributed by atoms with Crippen molar-refractivity contribution in [2.24, 2.45) is 0 Å². The van der Waals surface area contributed by atoms with Crippen LogP contribution in [0.4, 0.5) is 5.95 Å². The first-order valence-corrected chi connectivity index (χ1v) is 9.11.